The van der Waals surface area contributed by atoms with Crippen LogP contribution in [0.15, 0.2) is 34.9 Å². The number of carbonyl (C=O) groups excluding carboxylic acids is 2. The van der Waals surface area contributed by atoms with Gasteiger partial charge in [0.25, 0.3) is 5.91 Å². The quantitative estimate of drug-likeness (QED) is 0.858. The molecule has 2 aromatic rings. The van der Waals surface area contributed by atoms with Crippen LogP contribution >= 0.6 is 0 Å². The molecule has 0 aliphatic carbocycles. The number of para-hydroxylation sites is 1. The van der Waals surface area contributed by atoms with E-state index in [9.17, 15) is 9.59 Å². The Hall–Kier alpha value is -2.63. The lowest BCUT2D eigenvalue weighted by molar-refractivity contribution is -0.152. The summed E-state index contributed by atoms with van der Waals surface area (Å²) in [5.41, 5.74) is 2.00. The van der Waals surface area contributed by atoms with E-state index in [-0.39, 0.29) is 12.3 Å². The highest BCUT2D eigenvalue weighted by molar-refractivity contribution is 5.95. The predicted octanol–water partition coefficient (Wildman–Crippen LogP) is 2.40. The maximum atomic E-state index is 12.0. The summed E-state index contributed by atoms with van der Waals surface area (Å²) in [7, 11) is 0. The molecule has 1 heterocycles. The van der Waals surface area contributed by atoms with Gasteiger partial charge in [-0.25, -0.2) is 0 Å². The van der Waals surface area contributed by atoms with Crippen molar-refractivity contribution in [1.82, 2.24) is 5.16 Å². The fourth-order valence-electron chi connectivity index (χ4n) is 1.96. The van der Waals surface area contributed by atoms with Gasteiger partial charge in [0.15, 0.2) is 6.10 Å². The van der Waals surface area contributed by atoms with Crippen molar-refractivity contribution in [3.05, 3.63) is 47.3 Å². The summed E-state index contributed by atoms with van der Waals surface area (Å²) < 4.78 is 10.1. The van der Waals surface area contributed by atoms with Gasteiger partial charge in [-0.2, -0.15) is 0 Å². The number of hydrogen-bond donors (Lipinski definition) is 1. The smallest absolute Gasteiger partial charge is 0.311 e. The number of nitrogens with zero attached hydrogens (tertiary/aromatic N) is 1. The van der Waals surface area contributed by atoms with Gasteiger partial charge in [0, 0.05) is 11.3 Å². The zero-order valence-corrected chi connectivity index (χ0v) is 12.8. The largest absolute Gasteiger partial charge is 0.452 e. The number of carbonyl (C=O) groups is 2. The lowest BCUT2D eigenvalue weighted by Gasteiger charge is -2.13. The van der Waals surface area contributed by atoms with Crippen molar-refractivity contribution in [2.45, 2.75) is 33.3 Å². The van der Waals surface area contributed by atoms with Crippen molar-refractivity contribution in [3.63, 3.8) is 0 Å². The van der Waals surface area contributed by atoms with E-state index in [0.717, 1.165) is 0 Å². The fourth-order valence-corrected chi connectivity index (χ4v) is 1.96. The zero-order valence-electron chi connectivity index (χ0n) is 12.8. The molecule has 1 aromatic heterocycles. The monoisotopic (exact) mass is 302 g/mol. The highest BCUT2D eigenvalue weighted by atomic mass is 16.5. The fraction of sp³-hybridized carbons (Fsp3) is 0.312. The second-order valence-electron chi connectivity index (χ2n) is 4.97. The van der Waals surface area contributed by atoms with E-state index >= 15 is 0 Å². The molecule has 0 spiro atoms. The number of aryl methyl sites for hydroxylation is 2. The van der Waals surface area contributed by atoms with Gasteiger partial charge in [0.2, 0.25) is 0 Å². The summed E-state index contributed by atoms with van der Waals surface area (Å²) in [6, 6.07) is 8.99. The van der Waals surface area contributed by atoms with Crippen LogP contribution in [-0.2, 0) is 20.7 Å². The van der Waals surface area contributed by atoms with E-state index in [1.807, 2.05) is 18.2 Å². The van der Waals surface area contributed by atoms with Gasteiger partial charge in [0.05, 0.1) is 12.1 Å². The van der Waals surface area contributed by atoms with E-state index in [0.29, 0.717) is 22.7 Å². The molecule has 0 aliphatic heterocycles. The number of aromatic nitrogens is 1. The molecule has 0 saturated carbocycles. The van der Waals surface area contributed by atoms with Crippen LogP contribution in [0.3, 0.4) is 0 Å². The zero-order chi connectivity index (χ0) is 16.1. The normalized spacial score (nSPS) is 11.8. The molecule has 0 aliphatic rings. The second kappa shape index (κ2) is 6.89. The molecule has 0 bridgehead atoms. The molecule has 1 aromatic carbocycles. The van der Waals surface area contributed by atoms with Crippen molar-refractivity contribution < 1.29 is 18.8 Å². The molecule has 6 heteroatoms. The minimum atomic E-state index is -0.881. The number of benzene rings is 1. The molecule has 2 rings (SSSR count). The Bertz CT molecular complexity index is 645. The van der Waals surface area contributed by atoms with Crippen molar-refractivity contribution >= 4 is 17.6 Å². The first-order valence-corrected chi connectivity index (χ1v) is 6.94. The lowest BCUT2D eigenvalue weighted by Crippen LogP contribution is -2.30. The summed E-state index contributed by atoms with van der Waals surface area (Å²) in [5.74, 6) is -0.292. The standard InChI is InChI=1S/C16H18N2O4/c1-10-14(11(2)22-18-10)9-15(19)21-12(3)16(20)17-13-7-5-4-6-8-13/h4-8,12H,9H2,1-3H3,(H,17,20)/t12-/m1/s1. The van der Waals surface area contributed by atoms with Crippen molar-refractivity contribution in [1.29, 1.82) is 0 Å². The van der Waals surface area contributed by atoms with Crippen molar-refractivity contribution in [2.75, 3.05) is 5.32 Å². The van der Waals surface area contributed by atoms with Crippen LogP contribution < -0.4 is 5.32 Å². The summed E-state index contributed by atoms with van der Waals surface area (Å²) in [6.45, 7) is 5.02. The second-order valence-corrected chi connectivity index (χ2v) is 4.97. The summed E-state index contributed by atoms with van der Waals surface area (Å²) in [5, 5.41) is 6.46. The van der Waals surface area contributed by atoms with Crippen LogP contribution in [0.4, 0.5) is 5.69 Å². The molecular weight excluding hydrogens is 284 g/mol. The van der Waals surface area contributed by atoms with Crippen LogP contribution in [0.5, 0.6) is 0 Å². The topological polar surface area (TPSA) is 81.4 Å². The van der Waals surface area contributed by atoms with E-state index in [4.69, 9.17) is 9.26 Å². The van der Waals surface area contributed by atoms with Crippen LogP contribution in [0.25, 0.3) is 0 Å². The van der Waals surface area contributed by atoms with E-state index < -0.39 is 12.1 Å². The molecule has 6 nitrogen and oxygen atoms in total. The Morgan fingerprint density at radius 3 is 2.55 bits per heavy atom. The third-order valence-corrected chi connectivity index (χ3v) is 3.22. The third-order valence-electron chi connectivity index (χ3n) is 3.22. The first-order valence-electron chi connectivity index (χ1n) is 6.94. The number of nitrogens with one attached hydrogen (secondary N) is 1. The number of rotatable bonds is 5. The van der Waals surface area contributed by atoms with Gasteiger partial charge in [-0.3, -0.25) is 9.59 Å². The number of ether oxygens (including phenoxy) is 1. The van der Waals surface area contributed by atoms with Crippen LogP contribution in [0.1, 0.15) is 23.9 Å². The first kappa shape index (κ1) is 15.8. The molecule has 0 radical (unpaired) electrons. The van der Waals surface area contributed by atoms with E-state index in [1.165, 1.54) is 6.92 Å². The maximum absolute atomic E-state index is 12.0. The number of hydrogen-bond acceptors (Lipinski definition) is 5. The van der Waals surface area contributed by atoms with Gasteiger partial charge in [0.1, 0.15) is 5.76 Å². The number of anilines is 1. The molecule has 1 amide bonds. The van der Waals surface area contributed by atoms with Gasteiger partial charge < -0.3 is 14.6 Å². The number of amides is 1. The first-order chi connectivity index (χ1) is 10.5. The van der Waals surface area contributed by atoms with Crippen LogP contribution in [0, 0.1) is 13.8 Å². The highest BCUT2D eigenvalue weighted by Crippen LogP contribution is 2.14. The Labute approximate surface area is 128 Å². The minimum Gasteiger partial charge on any atom is -0.452 e. The van der Waals surface area contributed by atoms with Gasteiger partial charge in [-0.1, -0.05) is 23.4 Å². The molecule has 0 unspecified atom stereocenters. The van der Waals surface area contributed by atoms with Gasteiger partial charge in [-0.15, -0.1) is 0 Å². The lowest BCUT2D eigenvalue weighted by atomic mass is 10.1. The Morgan fingerprint density at radius 2 is 1.95 bits per heavy atom. The summed E-state index contributed by atoms with van der Waals surface area (Å²) in [6.07, 6.45) is -0.849. The average molecular weight is 302 g/mol. The van der Waals surface area contributed by atoms with E-state index in [1.54, 1.807) is 26.0 Å². The van der Waals surface area contributed by atoms with E-state index in [2.05, 4.69) is 10.5 Å². The molecule has 22 heavy (non-hydrogen) atoms. The molecule has 0 saturated heterocycles. The van der Waals surface area contributed by atoms with Crippen LogP contribution in [0.2, 0.25) is 0 Å². The molecule has 0 fully saturated rings. The predicted molar refractivity (Wildman–Crippen MR) is 80.3 cm³/mol. The molecule has 1 atom stereocenters. The molecule has 1 N–H and O–H groups in total. The molecular formula is C16H18N2O4. The Morgan fingerprint density at radius 1 is 1.27 bits per heavy atom. The van der Waals surface area contributed by atoms with Crippen molar-refractivity contribution in [3.8, 4) is 0 Å². The van der Waals surface area contributed by atoms with Crippen molar-refractivity contribution in [2.24, 2.45) is 0 Å². The van der Waals surface area contributed by atoms with Crippen LogP contribution in [-0.4, -0.2) is 23.1 Å². The Balaban J connectivity index is 1.89. The van der Waals surface area contributed by atoms with Gasteiger partial charge >= 0.3 is 5.97 Å². The summed E-state index contributed by atoms with van der Waals surface area (Å²) >= 11 is 0. The average Bonchev–Trinajstić information content (AvgIpc) is 2.80. The SMILES string of the molecule is Cc1noc(C)c1CC(=O)O[C@H](C)C(=O)Nc1ccccc1. The highest BCUT2D eigenvalue weighted by Gasteiger charge is 2.20. The van der Waals surface area contributed by atoms with Gasteiger partial charge in [-0.05, 0) is 32.9 Å². The summed E-state index contributed by atoms with van der Waals surface area (Å²) in [4.78, 5) is 23.9. The number of esters is 1. The molecule has 116 valence electrons. The maximum Gasteiger partial charge on any atom is 0.311 e. The Kier molecular flexibility index (Phi) is 4.93. The third kappa shape index (κ3) is 3.94. The minimum absolute atomic E-state index is 0.0319.